The van der Waals surface area contributed by atoms with Crippen LogP contribution in [0.25, 0.3) is 0 Å². The van der Waals surface area contributed by atoms with Gasteiger partial charge in [-0.3, -0.25) is 0 Å². The van der Waals surface area contributed by atoms with Crippen LogP contribution in [0.4, 0.5) is 0 Å². The highest BCUT2D eigenvalue weighted by atomic mass is 28.2. The summed E-state index contributed by atoms with van der Waals surface area (Å²) in [5.74, 6) is 0.693. The van der Waals surface area contributed by atoms with E-state index in [-0.39, 0.29) is 5.60 Å². The van der Waals surface area contributed by atoms with Crippen LogP contribution < -0.4 is 5.73 Å². The molecule has 1 atom stereocenters. The van der Waals surface area contributed by atoms with Gasteiger partial charge in [0.2, 0.25) is 0 Å². The molecule has 0 aromatic carbocycles. The zero-order valence-corrected chi connectivity index (χ0v) is 12.3. The third-order valence-corrected chi connectivity index (χ3v) is 4.41. The molecule has 0 aromatic heterocycles. The summed E-state index contributed by atoms with van der Waals surface area (Å²) in [6.07, 6.45) is 5.83. The highest BCUT2D eigenvalue weighted by molar-refractivity contribution is 5.98. The summed E-state index contributed by atoms with van der Waals surface area (Å²) in [4.78, 5) is 0. The van der Waals surface area contributed by atoms with Crippen molar-refractivity contribution >= 4 is 10.5 Å². The second-order valence-electron chi connectivity index (χ2n) is 4.01. The third kappa shape index (κ3) is 3.37. The first kappa shape index (κ1) is 14.1. The maximum absolute atomic E-state index is 5.88. The Kier molecular flexibility index (Phi) is 7.50. The summed E-state index contributed by atoms with van der Waals surface area (Å²) in [5.41, 5.74) is 5.72. The van der Waals surface area contributed by atoms with Crippen LogP contribution in [0.5, 0.6) is 0 Å². The van der Waals surface area contributed by atoms with E-state index in [1.165, 1.54) is 12.8 Å². The van der Waals surface area contributed by atoms with E-state index in [9.17, 15) is 0 Å². The number of hydrogen-bond donors (Lipinski definition) is 1. The maximum Gasteiger partial charge on any atom is 0.146 e. The average molecular weight is 217 g/mol. The molecule has 0 amide bonds. The molecule has 0 aliphatic carbocycles. The van der Waals surface area contributed by atoms with Crippen LogP contribution in [0.2, 0.25) is 0 Å². The van der Waals surface area contributed by atoms with Crippen LogP contribution in [0.1, 0.15) is 52.9 Å². The van der Waals surface area contributed by atoms with Crippen molar-refractivity contribution in [2.75, 3.05) is 6.54 Å². The van der Waals surface area contributed by atoms with Crippen LogP contribution in [0.3, 0.4) is 0 Å². The lowest BCUT2D eigenvalue weighted by Gasteiger charge is -2.39. The van der Waals surface area contributed by atoms with Crippen molar-refractivity contribution in [3.05, 3.63) is 0 Å². The normalized spacial score (nSPS) is 14.6. The van der Waals surface area contributed by atoms with Gasteiger partial charge in [0.05, 0.1) is 5.60 Å². The molecule has 0 aliphatic rings. The quantitative estimate of drug-likeness (QED) is 0.627. The molecule has 0 rings (SSSR count). The minimum absolute atomic E-state index is 0.149. The minimum Gasteiger partial charge on any atom is -0.422 e. The van der Waals surface area contributed by atoms with Gasteiger partial charge in [0.25, 0.3) is 0 Å². The molecule has 0 bridgehead atoms. The Morgan fingerprint density at radius 1 is 1.29 bits per heavy atom. The van der Waals surface area contributed by atoms with Gasteiger partial charge in [-0.25, -0.2) is 0 Å². The highest BCUT2D eigenvalue weighted by Crippen LogP contribution is 2.34. The first-order chi connectivity index (χ1) is 6.70. The predicted octanol–water partition coefficient (Wildman–Crippen LogP) is 1.61. The average Bonchev–Trinajstić information content (AvgIpc) is 2.25. The Morgan fingerprint density at radius 2 is 1.86 bits per heavy atom. The molecule has 1 unspecified atom stereocenters. The largest absolute Gasteiger partial charge is 0.422 e. The fourth-order valence-corrected chi connectivity index (χ4v) is 3.40. The molecule has 14 heavy (non-hydrogen) atoms. The number of hydrogen-bond acceptors (Lipinski definition) is 2. The molecule has 0 aliphatic heterocycles. The SMILES string of the molecule is CCC(CCCN)C(CC)(CC)O[SiH3]. The smallest absolute Gasteiger partial charge is 0.146 e. The van der Waals surface area contributed by atoms with Crippen molar-refractivity contribution in [2.24, 2.45) is 11.7 Å². The van der Waals surface area contributed by atoms with E-state index < -0.39 is 0 Å². The van der Waals surface area contributed by atoms with E-state index in [1.807, 2.05) is 0 Å². The topological polar surface area (TPSA) is 35.2 Å². The number of rotatable bonds is 8. The van der Waals surface area contributed by atoms with Crippen LogP contribution >= 0.6 is 0 Å². The second-order valence-corrected chi connectivity index (χ2v) is 4.42. The van der Waals surface area contributed by atoms with Gasteiger partial charge in [0.15, 0.2) is 0 Å². The fraction of sp³-hybridized carbons (Fsp3) is 1.00. The molecule has 0 radical (unpaired) electrons. The molecular formula is C11H27NOSi. The Morgan fingerprint density at radius 3 is 2.14 bits per heavy atom. The summed E-state index contributed by atoms with van der Waals surface area (Å²) in [7, 11) is 0.845. The second kappa shape index (κ2) is 7.43. The minimum atomic E-state index is 0.149. The van der Waals surface area contributed by atoms with Gasteiger partial charge in [-0.2, -0.15) is 0 Å². The Bertz CT molecular complexity index is 129. The fourth-order valence-electron chi connectivity index (χ4n) is 2.49. The maximum atomic E-state index is 5.88. The van der Waals surface area contributed by atoms with Crippen LogP contribution in [-0.4, -0.2) is 22.6 Å². The van der Waals surface area contributed by atoms with Gasteiger partial charge < -0.3 is 10.2 Å². The molecule has 86 valence electrons. The Balaban J connectivity index is 4.40. The molecule has 2 nitrogen and oxygen atoms in total. The standard InChI is InChI=1S/C11H27NOSi/c1-4-10(8-7-9-12)11(5-2,6-3)13-14/h10H,4-9,12H2,1-3,14H3. The molecule has 3 heteroatoms. The molecule has 0 heterocycles. The summed E-state index contributed by atoms with van der Waals surface area (Å²) in [6, 6.07) is 0. The molecule has 0 saturated carbocycles. The highest BCUT2D eigenvalue weighted by Gasteiger charge is 2.33. The van der Waals surface area contributed by atoms with E-state index in [4.69, 9.17) is 10.2 Å². The Hall–Kier alpha value is 0.137. The molecule has 0 saturated heterocycles. The zero-order valence-electron chi connectivity index (χ0n) is 10.3. The van der Waals surface area contributed by atoms with E-state index in [1.54, 1.807) is 0 Å². The van der Waals surface area contributed by atoms with Crippen molar-refractivity contribution in [2.45, 2.75) is 58.5 Å². The van der Waals surface area contributed by atoms with E-state index in [0.717, 1.165) is 36.3 Å². The van der Waals surface area contributed by atoms with Gasteiger partial charge >= 0.3 is 0 Å². The summed E-state index contributed by atoms with van der Waals surface area (Å²) >= 11 is 0. The number of nitrogens with two attached hydrogens (primary N) is 1. The zero-order chi connectivity index (χ0) is 11.0. The van der Waals surface area contributed by atoms with Gasteiger partial charge in [-0.1, -0.05) is 27.2 Å². The van der Waals surface area contributed by atoms with Crippen LogP contribution in [0.15, 0.2) is 0 Å². The molecule has 0 aromatic rings. The van der Waals surface area contributed by atoms with Crippen molar-refractivity contribution < 1.29 is 4.43 Å². The molecule has 2 N–H and O–H groups in total. The lowest BCUT2D eigenvalue weighted by atomic mass is 9.78. The lowest BCUT2D eigenvalue weighted by Crippen LogP contribution is -2.39. The van der Waals surface area contributed by atoms with Crippen LogP contribution in [0, 0.1) is 5.92 Å². The first-order valence-electron chi connectivity index (χ1n) is 5.95. The van der Waals surface area contributed by atoms with Crippen molar-refractivity contribution in [3.8, 4) is 0 Å². The summed E-state index contributed by atoms with van der Waals surface area (Å²) < 4.78 is 5.88. The summed E-state index contributed by atoms with van der Waals surface area (Å²) in [5, 5.41) is 0. The lowest BCUT2D eigenvalue weighted by molar-refractivity contribution is 0.000983. The van der Waals surface area contributed by atoms with Crippen molar-refractivity contribution in [1.29, 1.82) is 0 Å². The third-order valence-electron chi connectivity index (χ3n) is 3.60. The van der Waals surface area contributed by atoms with Gasteiger partial charge in [0, 0.05) is 0 Å². The molecular weight excluding hydrogens is 190 g/mol. The summed E-state index contributed by atoms with van der Waals surface area (Å²) in [6.45, 7) is 7.56. The molecule has 0 spiro atoms. The van der Waals surface area contributed by atoms with E-state index in [0.29, 0.717) is 5.92 Å². The van der Waals surface area contributed by atoms with Crippen LogP contribution in [-0.2, 0) is 4.43 Å². The van der Waals surface area contributed by atoms with E-state index in [2.05, 4.69) is 20.8 Å². The first-order valence-corrected chi connectivity index (χ1v) is 6.77. The van der Waals surface area contributed by atoms with Crippen molar-refractivity contribution in [3.63, 3.8) is 0 Å². The van der Waals surface area contributed by atoms with Gasteiger partial charge in [0.1, 0.15) is 10.5 Å². The van der Waals surface area contributed by atoms with Gasteiger partial charge in [-0.05, 0) is 38.1 Å². The van der Waals surface area contributed by atoms with E-state index >= 15 is 0 Å². The Labute approximate surface area is 92.1 Å². The monoisotopic (exact) mass is 217 g/mol. The molecule has 0 fully saturated rings. The predicted molar refractivity (Wildman–Crippen MR) is 66.4 cm³/mol. The van der Waals surface area contributed by atoms with Gasteiger partial charge in [-0.15, -0.1) is 0 Å². The van der Waals surface area contributed by atoms with Crippen molar-refractivity contribution in [1.82, 2.24) is 0 Å².